The molecule has 0 spiro atoms. The van der Waals surface area contributed by atoms with Crippen molar-refractivity contribution in [1.29, 1.82) is 0 Å². The van der Waals surface area contributed by atoms with Crippen LogP contribution < -0.4 is 5.32 Å². The zero-order valence-electron chi connectivity index (χ0n) is 11.4. The summed E-state index contributed by atoms with van der Waals surface area (Å²) in [6.45, 7) is 8.48. The molecule has 0 saturated heterocycles. The number of fused-ring (bicyclic) bond motifs is 1. The van der Waals surface area contributed by atoms with Crippen molar-refractivity contribution in [1.82, 2.24) is 10.3 Å². The van der Waals surface area contributed by atoms with Gasteiger partial charge in [-0.05, 0) is 57.0 Å². The van der Waals surface area contributed by atoms with Crippen molar-refractivity contribution in [3.8, 4) is 0 Å². The molecule has 0 bridgehead atoms. The number of aromatic amines is 1. The molecule has 1 aromatic heterocycles. The predicted molar refractivity (Wildman–Crippen MR) is 79.6 cm³/mol. The molecule has 0 amide bonds. The average Bonchev–Trinajstić information content (AvgIpc) is 2.67. The number of aromatic nitrogens is 1. The van der Waals surface area contributed by atoms with Crippen LogP contribution in [0.1, 0.15) is 30.2 Å². The van der Waals surface area contributed by atoms with Crippen molar-refractivity contribution in [2.75, 3.05) is 13.1 Å². The Bertz CT molecular complexity index is 543. The van der Waals surface area contributed by atoms with Crippen LogP contribution in [-0.2, 0) is 6.42 Å². The van der Waals surface area contributed by atoms with E-state index < -0.39 is 0 Å². The second kappa shape index (κ2) is 5.77. The van der Waals surface area contributed by atoms with Gasteiger partial charge in [0.25, 0.3) is 0 Å². The summed E-state index contributed by atoms with van der Waals surface area (Å²) in [5, 5.41) is 5.53. The Labute approximate surface area is 114 Å². The van der Waals surface area contributed by atoms with Gasteiger partial charge in [-0.15, -0.1) is 0 Å². The van der Waals surface area contributed by atoms with Crippen LogP contribution in [0.15, 0.2) is 12.1 Å². The SMILES string of the molecule is CCNCCCc1c(C)[nH]c2c(C)c(Cl)ccc12. The van der Waals surface area contributed by atoms with Crippen LogP contribution in [0.25, 0.3) is 10.9 Å². The Morgan fingerprint density at radius 1 is 1.28 bits per heavy atom. The van der Waals surface area contributed by atoms with Crippen LogP contribution in [0.2, 0.25) is 5.02 Å². The van der Waals surface area contributed by atoms with E-state index in [1.807, 2.05) is 6.07 Å². The van der Waals surface area contributed by atoms with Gasteiger partial charge in [0.05, 0.1) is 5.52 Å². The number of rotatable bonds is 5. The van der Waals surface area contributed by atoms with E-state index >= 15 is 0 Å². The number of hydrogen-bond donors (Lipinski definition) is 2. The minimum atomic E-state index is 0.836. The summed E-state index contributed by atoms with van der Waals surface area (Å²) in [5.41, 5.74) is 5.04. The number of H-pyrrole nitrogens is 1. The summed E-state index contributed by atoms with van der Waals surface area (Å²) in [7, 11) is 0. The molecule has 3 heteroatoms. The summed E-state index contributed by atoms with van der Waals surface area (Å²) in [6, 6.07) is 4.14. The van der Waals surface area contributed by atoms with E-state index in [-0.39, 0.29) is 0 Å². The van der Waals surface area contributed by atoms with E-state index in [1.165, 1.54) is 28.6 Å². The fourth-order valence-corrected chi connectivity index (χ4v) is 2.61. The highest BCUT2D eigenvalue weighted by molar-refractivity contribution is 6.32. The minimum Gasteiger partial charge on any atom is -0.358 e. The summed E-state index contributed by atoms with van der Waals surface area (Å²) >= 11 is 6.16. The van der Waals surface area contributed by atoms with Crippen molar-refractivity contribution < 1.29 is 0 Å². The summed E-state index contributed by atoms with van der Waals surface area (Å²) < 4.78 is 0. The lowest BCUT2D eigenvalue weighted by atomic mass is 10.0. The second-order valence-corrected chi connectivity index (χ2v) is 5.19. The number of nitrogens with one attached hydrogen (secondary N) is 2. The van der Waals surface area contributed by atoms with E-state index in [1.54, 1.807) is 0 Å². The second-order valence-electron chi connectivity index (χ2n) is 4.78. The average molecular weight is 265 g/mol. The quantitative estimate of drug-likeness (QED) is 0.786. The molecule has 2 aromatic rings. The molecule has 0 unspecified atom stereocenters. The smallest absolute Gasteiger partial charge is 0.0503 e. The first-order chi connectivity index (χ1) is 8.65. The van der Waals surface area contributed by atoms with E-state index in [0.29, 0.717) is 0 Å². The van der Waals surface area contributed by atoms with E-state index in [2.05, 4.69) is 37.1 Å². The molecule has 1 heterocycles. The zero-order chi connectivity index (χ0) is 13.1. The monoisotopic (exact) mass is 264 g/mol. The number of hydrogen-bond acceptors (Lipinski definition) is 1. The van der Waals surface area contributed by atoms with Crippen LogP contribution in [0.3, 0.4) is 0 Å². The molecule has 0 saturated carbocycles. The van der Waals surface area contributed by atoms with Crippen molar-refractivity contribution in [3.05, 3.63) is 34.0 Å². The van der Waals surface area contributed by atoms with Crippen LogP contribution in [0, 0.1) is 13.8 Å². The molecule has 2 N–H and O–H groups in total. The fraction of sp³-hybridized carbons (Fsp3) is 0.467. The Hall–Kier alpha value is -0.990. The van der Waals surface area contributed by atoms with Gasteiger partial charge < -0.3 is 10.3 Å². The third-order valence-electron chi connectivity index (χ3n) is 3.52. The number of benzene rings is 1. The Balaban J connectivity index is 2.27. The minimum absolute atomic E-state index is 0.836. The first-order valence-electron chi connectivity index (χ1n) is 6.62. The first kappa shape index (κ1) is 13.4. The molecular weight excluding hydrogens is 244 g/mol. The van der Waals surface area contributed by atoms with Gasteiger partial charge in [0, 0.05) is 16.1 Å². The predicted octanol–water partition coefficient (Wildman–Crippen LogP) is 3.98. The Morgan fingerprint density at radius 2 is 2.06 bits per heavy atom. The number of halogens is 1. The van der Waals surface area contributed by atoms with Crippen LogP contribution >= 0.6 is 11.6 Å². The van der Waals surface area contributed by atoms with Gasteiger partial charge in [0.15, 0.2) is 0 Å². The lowest BCUT2D eigenvalue weighted by molar-refractivity contribution is 0.673. The molecule has 0 aliphatic carbocycles. The summed E-state index contributed by atoms with van der Waals surface area (Å²) in [4.78, 5) is 3.47. The third-order valence-corrected chi connectivity index (χ3v) is 3.93. The highest BCUT2D eigenvalue weighted by Crippen LogP contribution is 2.29. The van der Waals surface area contributed by atoms with Gasteiger partial charge in [-0.3, -0.25) is 0 Å². The molecule has 2 rings (SSSR count). The molecular formula is C15H21ClN2. The van der Waals surface area contributed by atoms with E-state index in [0.717, 1.165) is 30.1 Å². The Kier molecular flexibility index (Phi) is 4.31. The van der Waals surface area contributed by atoms with Gasteiger partial charge in [-0.25, -0.2) is 0 Å². The van der Waals surface area contributed by atoms with Gasteiger partial charge >= 0.3 is 0 Å². The highest BCUT2D eigenvalue weighted by Gasteiger charge is 2.11. The third kappa shape index (κ3) is 2.55. The van der Waals surface area contributed by atoms with E-state index in [4.69, 9.17) is 11.6 Å². The molecule has 0 aliphatic heterocycles. The maximum atomic E-state index is 6.16. The molecule has 0 fully saturated rings. The molecule has 2 nitrogen and oxygen atoms in total. The summed E-state index contributed by atoms with van der Waals surface area (Å²) in [6.07, 6.45) is 2.28. The van der Waals surface area contributed by atoms with E-state index in [9.17, 15) is 0 Å². The molecule has 98 valence electrons. The summed E-state index contributed by atoms with van der Waals surface area (Å²) in [5.74, 6) is 0. The van der Waals surface area contributed by atoms with Gasteiger partial charge in [-0.1, -0.05) is 24.6 Å². The van der Waals surface area contributed by atoms with Gasteiger partial charge in [0.1, 0.15) is 0 Å². The van der Waals surface area contributed by atoms with Gasteiger partial charge in [0.2, 0.25) is 0 Å². The molecule has 0 aliphatic rings. The normalized spacial score (nSPS) is 11.3. The van der Waals surface area contributed by atoms with Crippen molar-refractivity contribution >= 4 is 22.5 Å². The largest absolute Gasteiger partial charge is 0.358 e. The van der Waals surface area contributed by atoms with Crippen molar-refractivity contribution in [2.24, 2.45) is 0 Å². The Morgan fingerprint density at radius 3 is 2.78 bits per heavy atom. The topological polar surface area (TPSA) is 27.8 Å². The standard InChI is InChI=1S/C15H21ClN2/c1-4-17-9-5-6-12-11(3)18-15-10(2)14(16)8-7-13(12)15/h7-8,17-18H,4-6,9H2,1-3H3. The van der Waals surface area contributed by atoms with Crippen molar-refractivity contribution in [2.45, 2.75) is 33.6 Å². The molecule has 18 heavy (non-hydrogen) atoms. The molecule has 0 atom stereocenters. The first-order valence-corrected chi connectivity index (χ1v) is 7.00. The maximum Gasteiger partial charge on any atom is 0.0503 e. The van der Waals surface area contributed by atoms with Crippen LogP contribution in [0.5, 0.6) is 0 Å². The van der Waals surface area contributed by atoms with Crippen molar-refractivity contribution in [3.63, 3.8) is 0 Å². The molecule has 1 aromatic carbocycles. The molecule has 0 radical (unpaired) electrons. The lowest BCUT2D eigenvalue weighted by Crippen LogP contribution is -2.14. The highest BCUT2D eigenvalue weighted by atomic mass is 35.5. The van der Waals surface area contributed by atoms with Crippen LogP contribution in [0.4, 0.5) is 0 Å². The number of aryl methyl sites for hydroxylation is 3. The lowest BCUT2D eigenvalue weighted by Gasteiger charge is -2.04. The van der Waals surface area contributed by atoms with Gasteiger partial charge in [-0.2, -0.15) is 0 Å². The zero-order valence-corrected chi connectivity index (χ0v) is 12.1. The maximum absolute atomic E-state index is 6.16. The van der Waals surface area contributed by atoms with Crippen LogP contribution in [-0.4, -0.2) is 18.1 Å². The fourth-order valence-electron chi connectivity index (χ4n) is 2.45.